The summed E-state index contributed by atoms with van der Waals surface area (Å²) in [6.45, 7) is 2.78. The van der Waals surface area contributed by atoms with E-state index in [0.717, 1.165) is 24.2 Å². The molecule has 4 heteroatoms. The number of ether oxygens (including phenoxy) is 1. The van der Waals surface area contributed by atoms with E-state index in [2.05, 4.69) is 6.92 Å². The van der Waals surface area contributed by atoms with E-state index in [9.17, 15) is 9.90 Å². The van der Waals surface area contributed by atoms with Crippen LogP contribution >= 0.6 is 0 Å². The van der Waals surface area contributed by atoms with Gasteiger partial charge in [0.25, 0.3) is 0 Å². The van der Waals surface area contributed by atoms with E-state index in [1.54, 1.807) is 0 Å². The highest BCUT2D eigenvalue weighted by Gasteiger charge is 2.09. The standard InChI is InChI=1S/C15H22O4/c1-2-3-10-19-13-7-4-6-12(11-13)14(16)8-5-9-15(17)18/h4,6-7,11,14,16H,2-3,5,8-10H2,1H3,(H,17,18). The Balaban J connectivity index is 2.47. The average molecular weight is 266 g/mol. The fraction of sp³-hybridized carbons (Fsp3) is 0.533. The number of carboxylic acids is 1. The molecule has 0 saturated heterocycles. The van der Waals surface area contributed by atoms with Gasteiger partial charge < -0.3 is 14.9 Å². The average Bonchev–Trinajstić information content (AvgIpc) is 2.39. The van der Waals surface area contributed by atoms with Gasteiger partial charge in [-0.2, -0.15) is 0 Å². The number of aliphatic hydroxyl groups excluding tert-OH is 1. The largest absolute Gasteiger partial charge is 0.494 e. The van der Waals surface area contributed by atoms with Gasteiger partial charge in [0.15, 0.2) is 0 Å². The molecule has 1 atom stereocenters. The maximum absolute atomic E-state index is 10.4. The molecule has 1 rings (SSSR count). The van der Waals surface area contributed by atoms with Crippen LogP contribution in [0.15, 0.2) is 24.3 Å². The Morgan fingerprint density at radius 3 is 2.84 bits per heavy atom. The summed E-state index contributed by atoms with van der Waals surface area (Å²) >= 11 is 0. The third-order valence-corrected chi connectivity index (χ3v) is 2.88. The zero-order valence-corrected chi connectivity index (χ0v) is 11.3. The van der Waals surface area contributed by atoms with E-state index < -0.39 is 12.1 Å². The molecule has 0 aromatic heterocycles. The fourth-order valence-electron chi connectivity index (χ4n) is 1.76. The molecule has 0 fully saturated rings. The van der Waals surface area contributed by atoms with Gasteiger partial charge in [-0.3, -0.25) is 4.79 Å². The summed E-state index contributed by atoms with van der Waals surface area (Å²) in [5.74, 6) is -0.0768. The van der Waals surface area contributed by atoms with Crippen molar-refractivity contribution in [3.05, 3.63) is 29.8 Å². The molecule has 0 spiro atoms. The lowest BCUT2D eigenvalue weighted by Gasteiger charge is -2.12. The van der Waals surface area contributed by atoms with Crippen LogP contribution in [0.2, 0.25) is 0 Å². The molecule has 4 nitrogen and oxygen atoms in total. The third kappa shape index (κ3) is 6.25. The molecule has 106 valence electrons. The minimum Gasteiger partial charge on any atom is -0.494 e. The molecule has 0 bridgehead atoms. The van der Waals surface area contributed by atoms with Crippen LogP contribution in [0.3, 0.4) is 0 Å². The predicted octanol–water partition coefficient (Wildman–Crippen LogP) is 3.15. The van der Waals surface area contributed by atoms with Crippen molar-refractivity contribution in [2.45, 2.75) is 45.1 Å². The van der Waals surface area contributed by atoms with Gasteiger partial charge in [-0.05, 0) is 37.0 Å². The first kappa shape index (κ1) is 15.5. The topological polar surface area (TPSA) is 66.8 Å². The molecule has 0 radical (unpaired) electrons. The molecule has 0 aliphatic heterocycles. The molecule has 0 saturated carbocycles. The van der Waals surface area contributed by atoms with Crippen molar-refractivity contribution in [1.82, 2.24) is 0 Å². The first-order chi connectivity index (χ1) is 9.13. The molecule has 0 amide bonds. The summed E-state index contributed by atoms with van der Waals surface area (Å²) < 4.78 is 5.57. The molecule has 1 unspecified atom stereocenters. The highest BCUT2D eigenvalue weighted by atomic mass is 16.5. The van der Waals surface area contributed by atoms with Crippen molar-refractivity contribution in [3.63, 3.8) is 0 Å². The second-order valence-electron chi connectivity index (χ2n) is 4.58. The van der Waals surface area contributed by atoms with Crippen LogP contribution in [-0.4, -0.2) is 22.8 Å². The number of benzene rings is 1. The van der Waals surface area contributed by atoms with Gasteiger partial charge in [-0.1, -0.05) is 25.5 Å². The Labute approximate surface area is 114 Å². The highest BCUT2D eigenvalue weighted by Crippen LogP contribution is 2.23. The van der Waals surface area contributed by atoms with Crippen LogP contribution in [0.4, 0.5) is 0 Å². The van der Waals surface area contributed by atoms with Gasteiger partial charge >= 0.3 is 5.97 Å². The monoisotopic (exact) mass is 266 g/mol. The lowest BCUT2D eigenvalue weighted by Crippen LogP contribution is -2.02. The van der Waals surface area contributed by atoms with Crippen molar-refractivity contribution in [2.75, 3.05) is 6.61 Å². The van der Waals surface area contributed by atoms with Crippen molar-refractivity contribution >= 4 is 5.97 Å². The van der Waals surface area contributed by atoms with Gasteiger partial charge in [-0.15, -0.1) is 0 Å². The van der Waals surface area contributed by atoms with Crippen LogP contribution in [0.5, 0.6) is 5.75 Å². The minimum atomic E-state index is -0.830. The van der Waals surface area contributed by atoms with Gasteiger partial charge in [-0.25, -0.2) is 0 Å². The van der Waals surface area contributed by atoms with Crippen LogP contribution in [-0.2, 0) is 4.79 Å². The smallest absolute Gasteiger partial charge is 0.303 e. The zero-order valence-electron chi connectivity index (χ0n) is 11.3. The predicted molar refractivity (Wildman–Crippen MR) is 73.3 cm³/mol. The molecular weight excluding hydrogens is 244 g/mol. The van der Waals surface area contributed by atoms with Gasteiger partial charge in [0.05, 0.1) is 12.7 Å². The minimum absolute atomic E-state index is 0.0871. The Hall–Kier alpha value is -1.55. The first-order valence-corrected chi connectivity index (χ1v) is 6.76. The lowest BCUT2D eigenvalue weighted by atomic mass is 10.0. The van der Waals surface area contributed by atoms with E-state index >= 15 is 0 Å². The van der Waals surface area contributed by atoms with Gasteiger partial charge in [0.2, 0.25) is 0 Å². The Morgan fingerprint density at radius 2 is 2.16 bits per heavy atom. The fourth-order valence-corrected chi connectivity index (χ4v) is 1.76. The van der Waals surface area contributed by atoms with E-state index in [-0.39, 0.29) is 6.42 Å². The SMILES string of the molecule is CCCCOc1cccc(C(O)CCCC(=O)O)c1. The Bertz CT molecular complexity index is 389. The molecular formula is C15H22O4. The number of aliphatic carboxylic acids is 1. The number of carboxylic acid groups (broad SMARTS) is 1. The van der Waals surface area contributed by atoms with Crippen molar-refractivity contribution in [1.29, 1.82) is 0 Å². The number of rotatable bonds is 9. The first-order valence-electron chi connectivity index (χ1n) is 6.76. The van der Waals surface area contributed by atoms with E-state index in [4.69, 9.17) is 9.84 Å². The number of aliphatic hydroxyl groups is 1. The quantitative estimate of drug-likeness (QED) is 0.674. The number of carbonyl (C=O) groups is 1. The summed E-state index contributed by atoms with van der Waals surface area (Å²) in [5, 5.41) is 18.5. The molecule has 0 aliphatic rings. The summed E-state index contributed by atoms with van der Waals surface area (Å²) in [6, 6.07) is 7.36. The highest BCUT2D eigenvalue weighted by molar-refractivity contribution is 5.66. The number of hydrogen-bond acceptors (Lipinski definition) is 3. The molecule has 19 heavy (non-hydrogen) atoms. The van der Waals surface area contributed by atoms with Crippen molar-refractivity contribution in [2.24, 2.45) is 0 Å². The number of unbranched alkanes of at least 4 members (excludes halogenated alkanes) is 1. The molecule has 1 aromatic rings. The van der Waals surface area contributed by atoms with E-state index in [0.29, 0.717) is 19.4 Å². The molecule has 0 heterocycles. The maximum Gasteiger partial charge on any atom is 0.303 e. The second kappa shape index (κ2) is 8.53. The normalized spacial score (nSPS) is 12.1. The number of hydrogen-bond donors (Lipinski definition) is 2. The zero-order chi connectivity index (χ0) is 14.1. The van der Waals surface area contributed by atoms with Crippen LogP contribution < -0.4 is 4.74 Å². The summed E-state index contributed by atoms with van der Waals surface area (Å²) in [5.41, 5.74) is 0.777. The summed E-state index contributed by atoms with van der Waals surface area (Å²) in [7, 11) is 0. The lowest BCUT2D eigenvalue weighted by molar-refractivity contribution is -0.137. The van der Waals surface area contributed by atoms with Crippen molar-refractivity contribution < 1.29 is 19.7 Å². The molecule has 2 N–H and O–H groups in total. The van der Waals surface area contributed by atoms with Crippen LogP contribution in [0, 0.1) is 0 Å². The summed E-state index contributed by atoms with van der Waals surface area (Å²) in [6.07, 6.45) is 2.46. The van der Waals surface area contributed by atoms with Crippen LogP contribution in [0.25, 0.3) is 0 Å². The maximum atomic E-state index is 10.4. The van der Waals surface area contributed by atoms with E-state index in [1.165, 1.54) is 0 Å². The Kier molecular flexibility index (Phi) is 6.97. The van der Waals surface area contributed by atoms with Gasteiger partial charge in [0.1, 0.15) is 5.75 Å². The third-order valence-electron chi connectivity index (χ3n) is 2.88. The molecule has 0 aliphatic carbocycles. The van der Waals surface area contributed by atoms with Crippen LogP contribution in [0.1, 0.15) is 50.7 Å². The van der Waals surface area contributed by atoms with E-state index in [1.807, 2.05) is 24.3 Å². The Morgan fingerprint density at radius 1 is 1.37 bits per heavy atom. The summed E-state index contributed by atoms with van der Waals surface area (Å²) in [4.78, 5) is 10.4. The van der Waals surface area contributed by atoms with Gasteiger partial charge in [0, 0.05) is 6.42 Å². The molecule has 1 aromatic carbocycles. The van der Waals surface area contributed by atoms with Crippen molar-refractivity contribution in [3.8, 4) is 5.75 Å². The second-order valence-corrected chi connectivity index (χ2v) is 4.58.